The lowest BCUT2D eigenvalue weighted by Crippen LogP contribution is -2.02. The van der Waals surface area contributed by atoms with E-state index in [0.29, 0.717) is 11.4 Å². The molecule has 0 saturated heterocycles. The van der Waals surface area contributed by atoms with Crippen LogP contribution in [0.3, 0.4) is 0 Å². The molecular weight excluding hydrogens is 344 g/mol. The summed E-state index contributed by atoms with van der Waals surface area (Å²) < 4.78 is 28.9. The molecule has 0 aliphatic heterocycles. The highest BCUT2D eigenvalue weighted by atomic mass is 79.9. The third-order valence-corrected chi connectivity index (χ3v) is 3.46. The Balaban J connectivity index is 2.14. The van der Waals surface area contributed by atoms with E-state index in [1.807, 2.05) is 0 Å². The minimum Gasteiger partial charge on any atom is -0.399 e. The second kappa shape index (κ2) is 5.21. The van der Waals surface area contributed by atoms with Gasteiger partial charge in [0, 0.05) is 5.69 Å². The Morgan fingerprint density at radius 3 is 2.57 bits per heavy atom. The van der Waals surface area contributed by atoms with Crippen LogP contribution in [-0.2, 0) is 0 Å². The lowest BCUT2D eigenvalue weighted by atomic mass is 10.2. The van der Waals surface area contributed by atoms with Gasteiger partial charge < -0.3 is 5.73 Å². The molecule has 0 bridgehead atoms. The number of tetrazole rings is 1. The van der Waals surface area contributed by atoms with Crippen molar-refractivity contribution < 1.29 is 8.78 Å². The summed E-state index contributed by atoms with van der Waals surface area (Å²) in [5.74, 6) is -0.745. The molecule has 0 unspecified atom stereocenters. The number of nitrogens with zero attached hydrogens (tertiary/aromatic N) is 4. The lowest BCUT2D eigenvalue weighted by Gasteiger charge is -2.07. The molecule has 0 amide bonds. The van der Waals surface area contributed by atoms with Crippen molar-refractivity contribution >= 4 is 21.6 Å². The van der Waals surface area contributed by atoms with Crippen LogP contribution in [0.5, 0.6) is 0 Å². The van der Waals surface area contributed by atoms with Crippen molar-refractivity contribution in [3.8, 4) is 17.1 Å². The summed E-state index contributed by atoms with van der Waals surface area (Å²) in [7, 11) is 0. The first-order chi connectivity index (χ1) is 10.1. The van der Waals surface area contributed by atoms with Gasteiger partial charge in [0.15, 0.2) is 5.82 Å². The Labute approximate surface area is 126 Å². The third kappa shape index (κ3) is 2.49. The van der Waals surface area contributed by atoms with E-state index in [2.05, 4.69) is 31.5 Å². The maximum atomic E-state index is 14.0. The van der Waals surface area contributed by atoms with E-state index in [1.54, 1.807) is 6.07 Å². The van der Waals surface area contributed by atoms with Crippen LogP contribution >= 0.6 is 15.9 Å². The van der Waals surface area contributed by atoms with Crippen LogP contribution in [0.1, 0.15) is 0 Å². The molecule has 0 fully saturated rings. The summed E-state index contributed by atoms with van der Waals surface area (Å²) >= 11 is 3.09. The largest absolute Gasteiger partial charge is 0.399 e. The molecule has 5 nitrogen and oxygen atoms in total. The molecule has 2 N–H and O–H groups in total. The van der Waals surface area contributed by atoms with Crippen molar-refractivity contribution in [1.29, 1.82) is 0 Å². The second-order valence-electron chi connectivity index (χ2n) is 4.25. The average Bonchev–Trinajstić information content (AvgIpc) is 2.91. The molecule has 0 saturated carbocycles. The number of hydrogen-bond donors (Lipinski definition) is 1. The van der Waals surface area contributed by atoms with Crippen LogP contribution in [-0.4, -0.2) is 20.2 Å². The van der Waals surface area contributed by atoms with Gasteiger partial charge in [0.2, 0.25) is 0 Å². The van der Waals surface area contributed by atoms with Crippen LogP contribution < -0.4 is 5.73 Å². The van der Waals surface area contributed by atoms with E-state index >= 15 is 0 Å². The molecule has 3 aromatic rings. The van der Waals surface area contributed by atoms with Crippen molar-refractivity contribution in [1.82, 2.24) is 20.2 Å². The van der Waals surface area contributed by atoms with Crippen molar-refractivity contribution in [3.63, 3.8) is 0 Å². The smallest absolute Gasteiger partial charge is 0.190 e. The molecule has 21 heavy (non-hydrogen) atoms. The van der Waals surface area contributed by atoms with Crippen LogP contribution in [0.2, 0.25) is 0 Å². The molecular formula is C13H8BrF2N5. The Kier molecular flexibility index (Phi) is 3.38. The van der Waals surface area contributed by atoms with Crippen molar-refractivity contribution in [2.75, 3.05) is 5.73 Å². The SMILES string of the molecule is Nc1ccc(-c2nnnn2-c2ccc(F)c(Br)c2)c(F)c1. The van der Waals surface area contributed by atoms with Gasteiger partial charge in [-0.1, -0.05) is 0 Å². The highest BCUT2D eigenvalue weighted by Crippen LogP contribution is 2.26. The fourth-order valence-electron chi connectivity index (χ4n) is 1.86. The van der Waals surface area contributed by atoms with Gasteiger partial charge in [0.25, 0.3) is 0 Å². The van der Waals surface area contributed by atoms with Gasteiger partial charge in [-0.3, -0.25) is 0 Å². The number of halogens is 3. The maximum Gasteiger partial charge on any atom is 0.190 e. The number of nitrogen functional groups attached to an aromatic ring is 1. The molecule has 1 aromatic heterocycles. The molecule has 3 rings (SSSR count). The molecule has 1 heterocycles. The zero-order chi connectivity index (χ0) is 15.0. The normalized spacial score (nSPS) is 10.8. The topological polar surface area (TPSA) is 69.6 Å². The third-order valence-electron chi connectivity index (χ3n) is 2.85. The second-order valence-corrected chi connectivity index (χ2v) is 5.11. The minimum absolute atomic E-state index is 0.200. The van der Waals surface area contributed by atoms with Gasteiger partial charge in [0.05, 0.1) is 15.7 Å². The van der Waals surface area contributed by atoms with Gasteiger partial charge in [-0.05, 0) is 62.8 Å². The Bertz CT molecular complexity index is 818. The van der Waals surface area contributed by atoms with E-state index in [-0.39, 0.29) is 15.9 Å². The summed E-state index contributed by atoms with van der Waals surface area (Å²) in [5, 5.41) is 11.2. The fraction of sp³-hybridized carbons (Fsp3) is 0. The van der Waals surface area contributed by atoms with Crippen LogP contribution in [0.15, 0.2) is 40.9 Å². The van der Waals surface area contributed by atoms with Gasteiger partial charge in [-0.25, -0.2) is 8.78 Å². The predicted molar refractivity (Wildman–Crippen MR) is 76.6 cm³/mol. The number of aromatic nitrogens is 4. The van der Waals surface area contributed by atoms with E-state index in [4.69, 9.17) is 5.73 Å². The quantitative estimate of drug-likeness (QED) is 0.720. The average molecular weight is 352 g/mol. The molecule has 0 spiro atoms. The molecule has 2 aromatic carbocycles. The number of rotatable bonds is 2. The van der Waals surface area contributed by atoms with Crippen molar-refractivity contribution in [2.24, 2.45) is 0 Å². The summed E-state index contributed by atoms with van der Waals surface area (Å²) in [6, 6.07) is 8.50. The van der Waals surface area contributed by atoms with Gasteiger partial charge >= 0.3 is 0 Å². The van der Waals surface area contributed by atoms with Gasteiger partial charge in [0.1, 0.15) is 11.6 Å². The molecule has 8 heteroatoms. The maximum absolute atomic E-state index is 14.0. The predicted octanol–water partition coefficient (Wildman–Crippen LogP) is 2.95. The molecule has 0 aliphatic carbocycles. The van der Waals surface area contributed by atoms with Crippen LogP contribution in [0, 0.1) is 11.6 Å². The number of nitrogens with two attached hydrogens (primary N) is 1. The summed E-state index contributed by atoms with van der Waals surface area (Å²) in [6.07, 6.45) is 0. The van der Waals surface area contributed by atoms with Crippen molar-refractivity contribution in [2.45, 2.75) is 0 Å². The highest BCUT2D eigenvalue weighted by molar-refractivity contribution is 9.10. The summed E-state index contributed by atoms with van der Waals surface area (Å²) in [5.41, 5.74) is 6.53. The summed E-state index contributed by atoms with van der Waals surface area (Å²) in [6.45, 7) is 0. The van der Waals surface area contributed by atoms with E-state index in [0.717, 1.165) is 0 Å². The fourth-order valence-corrected chi connectivity index (χ4v) is 2.23. The lowest BCUT2D eigenvalue weighted by molar-refractivity contribution is 0.619. The number of anilines is 1. The van der Waals surface area contributed by atoms with E-state index in [1.165, 1.54) is 35.0 Å². The minimum atomic E-state index is -0.535. The highest BCUT2D eigenvalue weighted by Gasteiger charge is 2.15. The standard InChI is InChI=1S/C13H8BrF2N5/c14-10-6-8(2-4-11(10)15)21-13(18-19-20-21)9-3-1-7(17)5-12(9)16/h1-6H,17H2. The molecule has 0 aliphatic rings. The Morgan fingerprint density at radius 1 is 1.05 bits per heavy atom. The van der Waals surface area contributed by atoms with Crippen LogP contribution in [0.25, 0.3) is 17.1 Å². The zero-order valence-corrected chi connectivity index (χ0v) is 12.1. The van der Waals surface area contributed by atoms with Crippen LogP contribution in [0.4, 0.5) is 14.5 Å². The van der Waals surface area contributed by atoms with Gasteiger partial charge in [-0.15, -0.1) is 5.10 Å². The first-order valence-corrected chi connectivity index (χ1v) is 6.65. The first-order valence-electron chi connectivity index (χ1n) is 5.85. The number of benzene rings is 2. The Hall–Kier alpha value is -2.35. The number of hydrogen-bond acceptors (Lipinski definition) is 4. The zero-order valence-electron chi connectivity index (χ0n) is 10.5. The molecule has 0 atom stereocenters. The van der Waals surface area contributed by atoms with Crippen molar-refractivity contribution in [3.05, 3.63) is 52.5 Å². The summed E-state index contributed by atoms with van der Waals surface area (Å²) in [4.78, 5) is 0. The van der Waals surface area contributed by atoms with Gasteiger partial charge in [-0.2, -0.15) is 4.68 Å². The monoisotopic (exact) mass is 351 g/mol. The van der Waals surface area contributed by atoms with E-state index < -0.39 is 11.6 Å². The Morgan fingerprint density at radius 2 is 1.86 bits per heavy atom. The first kappa shape index (κ1) is 13.6. The van der Waals surface area contributed by atoms with E-state index in [9.17, 15) is 8.78 Å². The molecule has 106 valence electrons. The molecule has 0 radical (unpaired) electrons.